The molecule has 204 valence electrons. The van der Waals surface area contributed by atoms with Crippen molar-refractivity contribution in [2.24, 2.45) is 0 Å². The second-order valence-corrected chi connectivity index (χ2v) is 11.3. The predicted octanol–water partition coefficient (Wildman–Crippen LogP) is 3.01. The number of hydrogen-bond donors (Lipinski definition) is 1. The molecule has 2 aromatic carbocycles. The fraction of sp³-hybridized carbons (Fsp3) is 0.500. The van der Waals surface area contributed by atoms with Crippen molar-refractivity contribution in [1.29, 1.82) is 0 Å². The van der Waals surface area contributed by atoms with Crippen LogP contribution in [0.15, 0.2) is 36.4 Å². The maximum Gasteiger partial charge on any atom is 0.255 e. The standard InChI is InChI=1S/C30H33N3O6/c34-28-10-8-24(29(35)31-28)33-17-19-13-21(6-7-22(19)30(33)36)39-25-4-2-1-3-23(25)32-15-20(16-32)18-5-9-26-27(14-18)38-12-11-37-26/h5-7,9,13-14,20,23-25H,1-4,8,10-12,15-17H2,(H,31,34,35)/t23-,24?,25-/m1/s1. The van der Waals surface area contributed by atoms with E-state index in [1.165, 1.54) is 12.0 Å². The molecule has 5 aliphatic rings. The van der Waals surface area contributed by atoms with Crippen molar-refractivity contribution in [3.8, 4) is 17.2 Å². The van der Waals surface area contributed by atoms with Crippen molar-refractivity contribution in [2.75, 3.05) is 26.3 Å². The van der Waals surface area contributed by atoms with Crippen LogP contribution < -0.4 is 19.5 Å². The summed E-state index contributed by atoms with van der Waals surface area (Å²) in [4.78, 5) is 41.1. The van der Waals surface area contributed by atoms with Gasteiger partial charge in [-0.05, 0) is 67.1 Å². The topological polar surface area (TPSA) is 97.4 Å². The molecule has 0 bridgehead atoms. The number of carbonyl (C=O) groups excluding carboxylic acids is 3. The first-order valence-electron chi connectivity index (χ1n) is 14.1. The molecule has 2 aromatic rings. The monoisotopic (exact) mass is 531 g/mol. The fourth-order valence-corrected chi connectivity index (χ4v) is 6.74. The van der Waals surface area contributed by atoms with Gasteiger partial charge in [-0.25, -0.2) is 0 Å². The average Bonchev–Trinajstić information content (AvgIpc) is 3.24. The summed E-state index contributed by atoms with van der Waals surface area (Å²) >= 11 is 0. The normalized spacial score (nSPS) is 27.1. The lowest BCUT2D eigenvalue weighted by molar-refractivity contribution is -0.136. The molecular weight excluding hydrogens is 498 g/mol. The quantitative estimate of drug-likeness (QED) is 0.593. The summed E-state index contributed by atoms with van der Waals surface area (Å²) in [7, 11) is 0. The van der Waals surface area contributed by atoms with Gasteiger partial charge in [0.2, 0.25) is 11.8 Å². The zero-order valence-electron chi connectivity index (χ0n) is 21.9. The molecule has 3 fully saturated rings. The molecule has 0 radical (unpaired) electrons. The highest BCUT2D eigenvalue weighted by Crippen LogP contribution is 2.39. The summed E-state index contributed by atoms with van der Waals surface area (Å²) in [6.07, 6.45) is 5.18. The number of carbonyl (C=O) groups is 3. The van der Waals surface area contributed by atoms with Crippen molar-refractivity contribution in [3.05, 3.63) is 53.1 Å². The van der Waals surface area contributed by atoms with Gasteiger partial charge >= 0.3 is 0 Å². The number of imide groups is 1. The summed E-state index contributed by atoms with van der Waals surface area (Å²) < 4.78 is 18.0. The van der Waals surface area contributed by atoms with Crippen molar-refractivity contribution in [2.45, 2.75) is 69.2 Å². The van der Waals surface area contributed by atoms with E-state index in [1.54, 1.807) is 4.90 Å². The minimum atomic E-state index is -0.608. The van der Waals surface area contributed by atoms with Crippen LogP contribution in [0.1, 0.15) is 65.9 Å². The number of piperidine rings is 1. The molecule has 39 heavy (non-hydrogen) atoms. The van der Waals surface area contributed by atoms with Crippen LogP contribution in [-0.4, -0.2) is 72.0 Å². The Bertz CT molecular complexity index is 1320. The predicted molar refractivity (Wildman–Crippen MR) is 141 cm³/mol. The lowest BCUT2D eigenvalue weighted by atomic mass is 9.84. The maximum absolute atomic E-state index is 13.0. The maximum atomic E-state index is 13.0. The molecule has 7 rings (SSSR count). The van der Waals surface area contributed by atoms with E-state index >= 15 is 0 Å². The second kappa shape index (κ2) is 9.86. The summed E-state index contributed by atoms with van der Waals surface area (Å²) in [5, 5.41) is 2.36. The minimum Gasteiger partial charge on any atom is -0.489 e. The summed E-state index contributed by atoms with van der Waals surface area (Å²) in [5.74, 6) is 2.10. The molecule has 1 N–H and O–H groups in total. The van der Waals surface area contributed by atoms with E-state index in [9.17, 15) is 14.4 Å². The lowest BCUT2D eigenvalue weighted by Gasteiger charge is -2.48. The number of ether oxygens (including phenoxy) is 3. The smallest absolute Gasteiger partial charge is 0.255 e. The first kappa shape index (κ1) is 24.5. The van der Waals surface area contributed by atoms with Gasteiger partial charge in [-0.3, -0.25) is 24.6 Å². The van der Waals surface area contributed by atoms with Crippen molar-refractivity contribution in [3.63, 3.8) is 0 Å². The van der Waals surface area contributed by atoms with Gasteiger partial charge in [-0.2, -0.15) is 0 Å². The van der Waals surface area contributed by atoms with E-state index < -0.39 is 11.9 Å². The van der Waals surface area contributed by atoms with E-state index in [0.717, 1.165) is 55.2 Å². The molecule has 1 saturated carbocycles. The Morgan fingerprint density at radius 2 is 1.72 bits per heavy atom. The SMILES string of the molecule is O=C1CCC(N2Cc3cc(O[C@@H]4CCCC[C@H]4N4CC(c5ccc6c(c5)OCCO6)C4)ccc3C2=O)C(=O)N1. The lowest BCUT2D eigenvalue weighted by Crippen LogP contribution is -2.57. The number of fused-ring (bicyclic) bond motifs is 2. The Labute approximate surface area is 227 Å². The van der Waals surface area contributed by atoms with Crippen LogP contribution in [0.3, 0.4) is 0 Å². The Morgan fingerprint density at radius 3 is 2.56 bits per heavy atom. The Kier molecular flexibility index (Phi) is 6.18. The Morgan fingerprint density at radius 1 is 0.897 bits per heavy atom. The van der Waals surface area contributed by atoms with Gasteiger partial charge in [0, 0.05) is 43.6 Å². The highest BCUT2D eigenvalue weighted by atomic mass is 16.6. The molecule has 0 aromatic heterocycles. The first-order chi connectivity index (χ1) is 19.0. The van der Waals surface area contributed by atoms with Gasteiger partial charge < -0.3 is 19.1 Å². The zero-order chi connectivity index (χ0) is 26.5. The number of rotatable bonds is 5. The third-order valence-electron chi connectivity index (χ3n) is 8.87. The number of nitrogens with zero attached hydrogens (tertiary/aromatic N) is 2. The number of benzene rings is 2. The van der Waals surface area contributed by atoms with Gasteiger partial charge in [0.25, 0.3) is 5.91 Å². The van der Waals surface area contributed by atoms with Crippen molar-refractivity contribution in [1.82, 2.24) is 15.1 Å². The van der Waals surface area contributed by atoms with Gasteiger partial charge in [-0.15, -0.1) is 0 Å². The van der Waals surface area contributed by atoms with Crippen LogP contribution >= 0.6 is 0 Å². The van der Waals surface area contributed by atoms with Crippen LogP contribution in [0.4, 0.5) is 0 Å². The van der Waals surface area contributed by atoms with Gasteiger partial charge in [0.05, 0.1) is 0 Å². The molecule has 2 saturated heterocycles. The molecule has 9 heteroatoms. The summed E-state index contributed by atoms with van der Waals surface area (Å²) in [6.45, 7) is 3.56. The number of nitrogens with one attached hydrogen (secondary N) is 1. The molecule has 4 aliphatic heterocycles. The molecule has 3 atom stereocenters. The largest absolute Gasteiger partial charge is 0.489 e. The van der Waals surface area contributed by atoms with E-state index in [0.29, 0.717) is 43.7 Å². The minimum absolute atomic E-state index is 0.0985. The highest BCUT2D eigenvalue weighted by Gasteiger charge is 2.41. The second-order valence-electron chi connectivity index (χ2n) is 11.3. The number of likely N-dealkylation sites (tertiary alicyclic amines) is 1. The first-order valence-corrected chi connectivity index (χ1v) is 14.1. The molecule has 1 unspecified atom stereocenters. The molecule has 0 spiro atoms. The molecule has 9 nitrogen and oxygen atoms in total. The van der Waals surface area contributed by atoms with E-state index in [1.807, 2.05) is 24.3 Å². The van der Waals surface area contributed by atoms with Gasteiger partial charge in [-0.1, -0.05) is 12.5 Å². The van der Waals surface area contributed by atoms with Crippen LogP contribution in [0.2, 0.25) is 0 Å². The Hall–Kier alpha value is -3.59. The van der Waals surface area contributed by atoms with Gasteiger partial charge in [0.1, 0.15) is 31.1 Å². The van der Waals surface area contributed by atoms with E-state index in [4.69, 9.17) is 14.2 Å². The van der Waals surface area contributed by atoms with E-state index in [2.05, 4.69) is 22.3 Å². The number of amides is 3. The van der Waals surface area contributed by atoms with Crippen molar-refractivity contribution < 1.29 is 28.6 Å². The third kappa shape index (κ3) is 4.52. The average molecular weight is 532 g/mol. The Balaban J connectivity index is 1.01. The van der Waals surface area contributed by atoms with Crippen LogP contribution in [0, 0.1) is 0 Å². The molecular formula is C30H33N3O6. The van der Waals surface area contributed by atoms with Gasteiger partial charge in [0.15, 0.2) is 11.5 Å². The number of hydrogen-bond acceptors (Lipinski definition) is 7. The summed E-state index contributed by atoms with van der Waals surface area (Å²) in [5.41, 5.74) is 2.78. The van der Waals surface area contributed by atoms with Crippen LogP contribution in [0.5, 0.6) is 17.2 Å². The highest BCUT2D eigenvalue weighted by molar-refractivity contribution is 6.05. The fourth-order valence-electron chi connectivity index (χ4n) is 6.74. The van der Waals surface area contributed by atoms with Crippen LogP contribution in [0.25, 0.3) is 0 Å². The van der Waals surface area contributed by atoms with Crippen LogP contribution in [-0.2, 0) is 16.1 Å². The summed E-state index contributed by atoms with van der Waals surface area (Å²) in [6, 6.07) is 11.7. The zero-order valence-corrected chi connectivity index (χ0v) is 21.9. The van der Waals surface area contributed by atoms with E-state index in [-0.39, 0.29) is 24.3 Å². The molecule has 3 amide bonds. The third-order valence-corrected chi connectivity index (χ3v) is 8.87. The molecule has 4 heterocycles. The van der Waals surface area contributed by atoms with Crippen molar-refractivity contribution >= 4 is 17.7 Å². The molecule has 1 aliphatic carbocycles.